The molecule has 0 amide bonds. The Morgan fingerprint density at radius 2 is 0.436 bits per heavy atom. The van der Waals surface area contributed by atoms with E-state index in [-0.39, 0.29) is 25.7 Å². The minimum atomic E-state index is -4.97. The molecule has 0 radical (unpaired) electrons. The monoisotopic (exact) mass is 1600 g/mol. The van der Waals surface area contributed by atoms with Crippen LogP contribution in [0.4, 0.5) is 0 Å². The molecule has 0 heterocycles. The van der Waals surface area contributed by atoms with Crippen molar-refractivity contribution in [2.75, 3.05) is 39.6 Å². The molecule has 110 heavy (non-hydrogen) atoms. The molecule has 0 aromatic rings. The molecule has 0 aliphatic carbocycles. The van der Waals surface area contributed by atoms with Crippen LogP contribution in [-0.2, 0) is 65.4 Å². The lowest BCUT2D eigenvalue weighted by atomic mass is 10.0. The molecule has 650 valence electrons. The van der Waals surface area contributed by atoms with Gasteiger partial charge in [-0.15, -0.1) is 0 Å². The van der Waals surface area contributed by atoms with Gasteiger partial charge in [0.15, 0.2) is 12.2 Å². The van der Waals surface area contributed by atoms with Gasteiger partial charge < -0.3 is 33.8 Å². The molecule has 0 spiro atoms. The summed E-state index contributed by atoms with van der Waals surface area (Å²) in [7, 11) is -9.95. The fourth-order valence-electron chi connectivity index (χ4n) is 13.9. The number of allylic oxidation sites excluding steroid dienone is 4. The average Bonchev–Trinajstić information content (AvgIpc) is 0.907. The average molecular weight is 1600 g/mol. The van der Waals surface area contributed by atoms with Gasteiger partial charge in [-0.2, -0.15) is 0 Å². The first-order chi connectivity index (χ1) is 53.7. The maximum absolute atomic E-state index is 13.2. The Labute approximate surface area is 675 Å². The number of phosphoric ester groups is 2. The Morgan fingerprint density at radius 1 is 0.255 bits per heavy atom. The molecule has 17 nitrogen and oxygen atoms in total. The fourth-order valence-corrected chi connectivity index (χ4v) is 15.4. The molecule has 0 aliphatic heterocycles. The van der Waals surface area contributed by atoms with Crippen LogP contribution in [0.2, 0.25) is 0 Å². The van der Waals surface area contributed by atoms with Crippen LogP contribution >= 0.6 is 15.6 Å². The van der Waals surface area contributed by atoms with Gasteiger partial charge in [0.05, 0.1) is 26.4 Å². The number of phosphoric acid groups is 2. The molecule has 0 saturated carbocycles. The molecule has 0 rings (SSSR count). The summed E-state index contributed by atoms with van der Waals surface area (Å²) >= 11 is 0. The van der Waals surface area contributed by atoms with E-state index >= 15 is 0 Å². The second kappa shape index (κ2) is 84.5. The van der Waals surface area contributed by atoms with Crippen molar-refractivity contribution < 1.29 is 80.2 Å². The summed E-state index contributed by atoms with van der Waals surface area (Å²) in [5.41, 5.74) is 0. The fraction of sp³-hybridized carbons (Fsp3) is 0.912. The third kappa shape index (κ3) is 83.5. The highest BCUT2D eigenvalue weighted by Gasteiger charge is 2.30. The minimum Gasteiger partial charge on any atom is -0.462 e. The Balaban J connectivity index is 5.27. The number of carbonyl (C=O) groups is 4. The van der Waals surface area contributed by atoms with Crippen molar-refractivity contribution in [2.45, 2.75) is 495 Å². The lowest BCUT2D eigenvalue weighted by Crippen LogP contribution is -2.30. The van der Waals surface area contributed by atoms with E-state index in [1.54, 1.807) is 0 Å². The van der Waals surface area contributed by atoms with E-state index in [4.69, 9.17) is 37.0 Å². The van der Waals surface area contributed by atoms with Crippen molar-refractivity contribution in [2.24, 2.45) is 0 Å². The van der Waals surface area contributed by atoms with E-state index in [1.165, 1.54) is 295 Å². The predicted molar refractivity (Wildman–Crippen MR) is 455 cm³/mol. The van der Waals surface area contributed by atoms with Gasteiger partial charge in [0, 0.05) is 25.7 Å². The van der Waals surface area contributed by atoms with Gasteiger partial charge >= 0.3 is 39.5 Å². The van der Waals surface area contributed by atoms with Crippen LogP contribution in [0.1, 0.15) is 477 Å². The summed E-state index contributed by atoms with van der Waals surface area (Å²) in [5.74, 6) is -2.12. The van der Waals surface area contributed by atoms with Crippen molar-refractivity contribution in [1.82, 2.24) is 0 Å². The second-order valence-electron chi connectivity index (χ2n) is 32.0. The Hall–Kier alpha value is -2.46. The van der Waals surface area contributed by atoms with Crippen LogP contribution in [0.3, 0.4) is 0 Å². The van der Waals surface area contributed by atoms with Crippen molar-refractivity contribution in [3.63, 3.8) is 0 Å². The third-order valence-electron chi connectivity index (χ3n) is 21.0. The van der Waals surface area contributed by atoms with Gasteiger partial charge in [0.25, 0.3) is 0 Å². The number of hydrogen-bond donors (Lipinski definition) is 3. The Bertz CT molecular complexity index is 2160. The van der Waals surface area contributed by atoms with Crippen LogP contribution in [0, 0.1) is 0 Å². The molecule has 0 saturated heterocycles. The molecule has 5 atom stereocenters. The van der Waals surface area contributed by atoms with Gasteiger partial charge in [0.2, 0.25) is 0 Å². The zero-order chi connectivity index (χ0) is 80.3. The highest BCUT2D eigenvalue weighted by atomic mass is 31.2. The van der Waals surface area contributed by atoms with Crippen LogP contribution < -0.4 is 0 Å². The maximum Gasteiger partial charge on any atom is 0.472 e. The molecule has 0 fully saturated rings. The van der Waals surface area contributed by atoms with Crippen LogP contribution in [0.15, 0.2) is 24.3 Å². The SMILES string of the molecule is CCCCCC/C=C\C=C/CCCCCCCC(=O)O[C@H](COC(=O)CCCCCCCCCCCCCCC)COP(=O)(O)OC[C@H](O)COP(=O)(O)OC[C@@H](COC(=O)CCCCCCCCCCCCCCCCCCCCCC)OC(=O)CCCCCCCCCCCCCCCCCCCCCCCC. The molecule has 0 aromatic carbocycles. The largest absolute Gasteiger partial charge is 0.472 e. The quantitative estimate of drug-likeness (QED) is 0.0169. The molecule has 0 aromatic heterocycles. The van der Waals surface area contributed by atoms with E-state index in [0.717, 1.165) is 103 Å². The standard InChI is InChI=1S/C91H174O17P2/c1-5-9-13-17-21-25-29-33-36-38-40-42-43-45-47-50-54-58-62-66-70-74-78-91(96)108-87(82-102-89(94)76-72-68-64-60-56-52-49-46-44-41-39-37-34-30-26-22-18-14-10-6-2)84-106-110(99,100)104-80-85(92)79-103-109(97,98)105-83-86(81-101-88(93)75-71-67-63-59-55-51-32-28-24-20-16-12-8-4)107-90(95)77-73-69-65-61-57-53-48-35-31-27-23-19-15-11-7-3/h27,31,35,48,85-87,92H,5-26,28-30,32-34,36-47,49-84H2,1-4H3,(H,97,98)(H,99,100)/b31-27-,48-35-/t85-,86+,87+/m0/s1. The van der Waals surface area contributed by atoms with Gasteiger partial charge in [-0.05, 0) is 51.4 Å². The van der Waals surface area contributed by atoms with E-state index in [9.17, 15) is 43.2 Å². The normalized spacial score (nSPS) is 13.8. The molecule has 2 unspecified atom stereocenters. The lowest BCUT2D eigenvalue weighted by Gasteiger charge is -2.21. The van der Waals surface area contributed by atoms with Gasteiger partial charge in [0.1, 0.15) is 19.3 Å². The van der Waals surface area contributed by atoms with E-state index < -0.39 is 97.5 Å². The van der Waals surface area contributed by atoms with Gasteiger partial charge in [-0.1, -0.05) is 424 Å². The molecule has 0 aliphatic rings. The second-order valence-corrected chi connectivity index (χ2v) is 34.9. The Morgan fingerprint density at radius 3 is 0.664 bits per heavy atom. The molecule has 3 N–H and O–H groups in total. The van der Waals surface area contributed by atoms with Crippen molar-refractivity contribution >= 4 is 39.5 Å². The highest BCUT2D eigenvalue weighted by molar-refractivity contribution is 7.47. The number of rotatable bonds is 90. The number of carbonyl (C=O) groups excluding carboxylic acids is 4. The zero-order valence-electron chi connectivity index (χ0n) is 71.7. The first-order valence-electron chi connectivity index (χ1n) is 46.6. The summed E-state index contributed by atoms with van der Waals surface area (Å²) in [6.45, 7) is 5.02. The van der Waals surface area contributed by atoms with Crippen LogP contribution in [0.5, 0.6) is 0 Å². The van der Waals surface area contributed by atoms with E-state index in [2.05, 4.69) is 52.0 Å². The number of aliphatic hydroxyl groups is 1. The van der Waals surface area contributed by atoms with Gasteiger partial charge in [-0.25, -0.2) is 9.13 Å². The third-order valence-corrected chi connectivity index (χ3v) is 22.9. The summed E-state index contributed by atoms with van der Waals surface area (Å²) in [5, 5.41) is 10.7. The number of esters is 4. The first kappa shape index (κ1) is 108. The summed E-state index contributed by atoms with van der Waals surface area (Å²) < 4.78 is 69.0. The summed E-state index contributed by atoms with van der Waals surface area (Å²) in [4.78, 5) is 73.4. The summed E-state index contributed by atoms with van der Waals surface area (Å²) in [6.07, 6.45) is 84.2. The number of hydrogen-bond acceptors (Lipinski definition) is 15. The van der Waals surface area contributed by atoms with Crippen molar-refractivity contribution in [3.8, 4) is 0 Å². The maximum atomic E-state index is 13.2. The highest BCUT2D eigenvalue weighted by Crippen LogP contribution is 2.45. The topological polar surface area (TPSA) is 237 Å². The first-order valence-corrected chi connectivity index (χ1v) is 49.6. The van der Waals surface area contributed by atoms with Crippen molar-refractivity contribution in [1.29, 1.82) is 0 Å². The van der Waals surface area contributed by atoms with Crippen LogP contribution in [0.25, 0.3) is 0 Å². The molecule has 0 bridgehead atoms. The molecule has 19 heteroatoms. The smallest absolute Gasteiger partial charge is 0.462 e. The summed E-state index contributed by atoms with van der Waals surface area (Å²) in [6, 6.07) is 0. The van der Waals surface area contributed by atoms with Crippen LogP contribution in [-0.4, -0.2) is 96.7 Å². The zero-order valence-corrected chi connectivity index (χ0v) is 73.5. The molecular formula is C91H174O17P2. The number of aliphatic hydroxyl groups excluding tert-OH is 1. The lowest BCUT2D eigenvalue weighted by molar-refractivity contribution is -0.161. The number of unbranched alkanes of at least 4 members (excludes halogenated alkanes) is 61. The Kier molecular flexibility index (Phi) is 82.6. The van der Waals surface area contributed by atoms with Gasteiger partial charge in [-0.3, -0.25) is 37.3 Å². The number of ether oxygens (including phenoxy) is 4. The molecular weight excluding hydrogens is 1430 g/mol. The van der Waals surface area contributed by atoms with E-state index in [1.807, 2.05) is 0 Å². The van der Waals surface area contributed by atoms with Crippen molar-refractivity contribution in [3.05, 3.63) is 24.3 Å². The predicted octanol–water partition coefficient (Wildman–Crippen LogP) is 28.0. The van der Waals surface area contributed by atoms with E-state index in [0.29, 0.717) is 25.7 Å². The minimum absolute atomic E-state index is 0.0862.